The van der Waals surface area contributed by atoms with E-state index in [1.165, 1.54) is 12.3 Å². The second-order valence-electron chi connectivity index (χ2n) is 7.90. The maximum atomic E-state index is 11.6. The lowest BCUT2D eigenvalue weighted by Gasteiger charge is -2.11. The second kappa shape index (κ2) is 10.9. The maximum absolute atomic E-state index is 11.6. The highest BCUT2D eigenvalue weighted by atomic mass is 32.2. The maximum Gasteiger partial charge on any atom is 0.247 e. The van der Waals surface area contributed by atoms with Crippen LogP contribution in [0.3, 0.4) is 0 Å². The number of nitrogens with one attached hydrogen (secondary N) is 3. The summed E-state index contributed by atoms with van der Waals surface area (Å²) in [4.78, 5) is 23.7. The lowest BCUT2D eigenvalue weighted by atomic mass is 10.3. The highest BCUT2D eigenvalue weighted by Gasteiger charge is 2.12. The molecule has 0 atom stereocenters. The van der Waals surface area contributed by atoms with Crippen LogP contribution in [0.25, 0.3) is 11.0 Å². The van der Waals surface area contributed by atoms with E-state index < -0.39 is 9.84 Å². The minimum Gasteiger partial charge on any atom is -0.494 e. The number of sulfone groups is 1. The Morgan fingerprint density at radius 3 is 2.64 bits per heavy atom. The predicted molar refractivity (Wildman–Crippen MR) is 139 cm³/mol. The van der Waals surface area contributed by atoms with Gasteiger partial charge in [0.1, 0.15) is 27.0 Å². The van der Waals surface area contributed by atoms with Gasteiger partial charge in [-0.3, -0.25) is 4.79 Å². The first kappa shape index (κ1) is 24.7. The molecule has 4 aromatic rings. The molecule has 0 unspecified atom stereocenters. The van der Waals surface area contributed by atoms with E-state index in [0.29, 0.717) is 53.1 Å². The fourth-order valence-corrected chi connectivity index (χ4v) is 3.91. The number of carbonyl (C=O) groups excluding carboxylic acids is 1. The van der Waals surface area contributed by atoms with E-state index in [4.69, 9.17) is 9.47 Å². The van der Waals surface area contributed by atoms with Gasteiger partial charge in [-0.15, -0.1) is 0 Å². The fraction of sp³-hybridized carbons (Fsp3) is 0.160. The number of aromatic nitrogens is 3. The third-order valence-electron chi connectivity index (χ3n) is 4.92. The number of carbonyl (C=O) groups is 1. The number of anilines is 3. The minimum absolute atomic E-state index is 0.0867. The summed E-state index contributed by atoms with van der Waals surface area (Å²) in [5.41, 5.74) is 1.88. The van der Waals surface area contributed by atoms with Gasteiger partial charge < -0.3 is 25.1 Å². The molecule has 0 bridgehead atoms. The van der Waals surface area contributed by atoms with Crippen LogP contribution in [0.1, 0.15) is 6.42 Å². The Morgan fingerprint density at radius 2 is 1.89 bits per heavy atom. The summed E-state index contributed by atoms with van der Waals surface area (Å²) >= 11 is 0. The minimum atomic E-state index is -3.00. The lowest BCUT2D eigenvalue weighted by molar-refractivity contribution is -0.111. The van der Waals surface area contributed by atoms with Crippen molar-refractivity contribution in [3.63, 3.8) is 0 Å². The highest BCUT2D eigenvalue weighted by molar-refractivity contribution is 7.90. The van der Waals surface area contributed by atoms with E-state index in [2.05, 4.69) is 32.2 Å². The molecule has 2 aromatic heterocycles. The quantitative estimate of drug-likeness (QED) is 0.200. The van der Waals surface area contributed by atoms with E-state index in [1.54, 1.807) is 54.7 Å². The molecule has 2 aromatic carbocycles. The highest BCUT2D eigenvalue weighted by Crippen LogP contribution is 2.30. The number of nitrogens with zero attached hydrogens (tertiary/aromatic N) is 2. The smallest absolute Gasteiger partial charge is 0.247 e. The number of benzene rings is 2. The fourth-order valence-electron chi connectivity index (χ4n) is 3.26. The van der Waals surface area contributed by atoms with E-state index >= 15 is 0 Å². The number of H-pyrrole nitrogens is 1. The summed E-state index contributed by atoms with van der Waals surface area (Å²) in [5, 5.41) is 6.54. The molecule has 2 heterocycles. The molecule has 36 heavy (non-hydrogen) atoms. The zero-order valence-corrected chi connectivity index (χ0v) is 20.3. The molecule has 0 radical (unpaired) electrons. The number of hydrogen-bond donors (Lipinski definition) is 3. The van der Waals surface area contributed by atoms with Gasteiger partial charge >= 0.3 is 0 Å². The van der Waals surface area contributed by atoms with E-state index in [9.17, 15) is 13.2 Å². The lowest BCUT2D eigenvalue weighted by Crippen LogP contribution is -2.08. The third-order valence-corrected chi connectivity index (χ3v) is 5.95. The van der Waals surface area contributed by atoms with Crippen molar-refractivity contribution < 1.29 is 22.7 Å². The summed E-state index contributed by atoms with van der Waals surface area (Å²) in [6.07, 6.45) is 4.57. The van der Waals surface area contributed by atoms with Gasteiger partial charge in [-0.05, 0) is 55.0 Å². The molecule has 186 valence electrons. The Kier molecular flexibility index (Phi) is 7.50. The molecule has 0 fully saturated rings. The Labute approximate surface area is 208 Å². The Bertz CT molecular complexity index is 1480. The van der Waals surface area contributed by atoms with Crippen LogP contribution in [0.2, 0.25) is 0 Å². The van der Waals surface area contributed by atoms with Crippen molar-refractivity contribution in [1.82, 2.24) is 15.0 Å². The van der Waals surface area contributed by atoms with E-state index in [1.807, 2.05) is 6.07 Å². The van der Waals surface area contributed by atoms with Crippen molar-refractivity contribution in [2.75, 3.05) is 29.2 Å². The van der Waals surface area contributed by atoms with Crippen LogP contribution in [-0.2, 0) is 14.6 Å². The molecule has 0 saturated carbocycles. The average molecular weight is 508 g/mol. The molecular weight excluding hydrogens is 482 g/mol. The SMILES string of the molecule is C=CC(=O)Nc1cccc(Oc2nc(Nc3ccc(OCCCS(C)(=O)=O)cc3)nc3[nH]ccc23)c1. The molecule has 3 N–H and O–H groups in total. The molecule has 0 spiro atoms. The Hall–Kier alpha value is -4.38. The normalized spacial score (nSPS) is 11.1. The number of amides is 1. The number of fused-ring (bicyclic) bond motifs is 1. The summed E-state index contributed by atoms with van der Waals surface area (Å²) in [6.45, 7) is 3.76. The van der Waals surface area contributed by atoms with Crippen LogP contribution in [0, 0.1) is 0 Å². The van der Waals surface area contributed by atoms with Crippen LogP contribution in [-0.4, -0.2) is 47.9 Å². The van der Waals surface area contributed by atoms with Crippen molar-refractivity contribution >= 4 is 44.1 Å². The summed E-state index contributed by atoms with van der Waals surface area (Å²) in [7, 11) is -3.00. The zero-order valence-electron chi connectivity index (χ0n) is 19.5. The molecule has 10 nitrogen and oxygen atoms in total. The second-order valence-corrected chi connectivity index (χ2v) is 10.2. The molecule has 0 saturated heterocycles. The predicted octanol–water partition coefficient (Wildman–Crippen LogP) is 4.43. The van der Waals surface area contributed by atoms with Gasteiger partial charge in [0, 0.05) is 29.9 Å². The van der Waals surface area contributed by atoms with Crippen molar-refractivity contribution in [3.05, 3.63) is 73.4 Å². The number of rotatable bonds is 11. The van der Waals surface area contributed by atoms with Crippen LogP contribution in [0.4, 0.5) is 17.3 Å². The molecular formula is C25H25N5O5S. The van der Waals surface area contributed by atoms with Crippen molar-refractivity contribution in [2.24, 2.45) is 0 Å². The summed E-state index contributed by atoms with van der Waals surface area (Å²) in [6, 6.07) is 15.9. The molecule has 0 aliphatic heterocycles. The van der Waals surface area contributed by atoms with Gasteiger partial charge in [-0.1, -0.05) is 12.6 Å². The Balaban J connectivity index is 1.46. The first-order valence-electron chi connectivity index (χ1n) is 11.0. The van der Waals surface area contributed by atoms with Crippen LogP contribution < -0.4 is 20.1 Å². The van der Waals surface area contributed by atoms with Crippen molar-refractivity contribution in [1.29, 1.82) is 0 Å². The number of ether oxygens (including phenoxy) is 2. The standard InChI is InChI=1S/C25H25N5O5S/c1-3-22(31)27-18-6-4-7-20(16-18)35-24-21-12-13-26-23(21)29-25(30-24)28-17-8-10-19(11-9-17)34-14-5-15-36(2,32)33/h3-4,6-13,16H,1,5,14-15H2,2H3,(H,27,31)(H2,26,28,29,30). The Morgan fingerprint density at radius 1 is 1.08 bits per heavy atom. The van der Waals surface area contributed by atoms with Gasteiger partial charge in [0.05, 0.1) is 17.7 Å². The van der Waals surface area contributed by atoms with Gasteiger partial charge in [0.2, 0.25) is 17.7 Å². The zero-order chi connectivity index (χ0) is 25.5. The number of hydrogen-bond acceptors (Lipinski definition) is 8. The van der Waals surface area contributed by atoms with Gasteiger partial charge in [0.25, 0.3) is 0 Å². The first-order chi connectivity index (χ1) is 17.3. The van der Waals surface area contributed by atoms with E-state index in [-0.39, 0.29) is 11.7 Å². The van der Waals surface area contributed by atoms with Crippen LogP contribution >= 0.6 is 0 Å². The molecule has 11 heteroatoms. The van der Waals surface area contributed by atoms with Crippen LogP contribution in [0.15, 0.2) is 73.4 Å². The first-order valence-corrected chi connectivity index (χ1v) is 13.1. The summed E-state index contributed by atoms with van der Waals surface area (Å²) in [5.74, 6) is 1.53. The molecule has 4 rings (SSSR count). The largest absolute Gasteiger partial charge is 0.494 e. The third kappa shape index (κ3) is 6.83. The topological polar surface area (TPSA) is 135 Å². The van der Waals surface area contributed by atoms with Gasteiger partial charge in [-0.25, -0.2) is 8.42 Å². The van der Waals surface area contributed by atoms with Gasteiger partial charge in [0.15, 0.2) is 0 Å². The molecule has 0 aliphatic carbocycles. The molecule has 0 aliphatic rings. The van der Waals surface area contributed by atoms with E-state index in [0.717, 1.165) is 5.69 Å². The monoisotopic (exact) mass is 507 g/mol. The van der Waals surface area contributed by atoms with Crippen LogP contribution in [0.5, 0.6) is 17.4 Å². The molecule has 1 amide bonds. The number of aromatic amines is 1. The van der Waals surface area contributed by atoms with Crippen molar-refractivity contribution in [2.45, 2.75) is 6.42 Å². The average Bonchev–Trinajstić information content (AvgIpc) is 3.31. The van der Waals surface area contributed by atoms with Gasteiger partial charge in [-0.2, -0.15) is 9.97 Å². The summed E-state index contributed by atoms with van der Waals surface area (Å²) < 4.78 is 34.1. The van der Waals surface area contributed by atoms with Crippen molar-refractivity contribution in [3.8, 4) is 17.4 Å².